The molecule has 2 aromatic rings. The summed E-state index contributed by atoms with van der Waals surface area (Å²) in [5, 5.41) is 0. The molecule has 0 saturated heterocycles. The molecule has 0 aliphatic rings. The van der Waals surface area contributed by atoms with Gasteiger partial charge in [0.15, 0.2) is 6.10 Å². The number of ketones is 1. The lowest BCUT2D eigenvalue weighted by atomic mass is 9.99. The first-order valence-electron chi connectivity index (χ1n) is 7.65. The molecule has 0 spiro atoms. The highest BCUT2D eigenvalue weighted by Gasteiger charge is 2.21. The number of aryl methyl sites for hydroxylation is 2. The number of hydrogen-bond donors (Lipinski definition) is 1. The van der Waals surface area contributed by atoms with Crippen molar-refractivity contribution in [3.05, 3.63) is 59.2 Å². The van der Waals surface area contributed by atoms with Crippen molar-refractivity contribution >= 4 is 11.5 Å². The summed E-state index contributed by atoms with van der Waals surface area (Å²) in [6, 6.07) is 13.0. The summed E-state index contributed by atoms with van der Waals surface area (Å²) >= 11 is 0. The van der Waals surface area contributed by atoms with Crippen LogP contribution in [0.3, 0.4) is 0 Å². The standard InChI is InChI=1S/C19H23NO2/c1-4-6-18(22-17-8-5-7-16(20)12-17)19(21)15-10-9-13(2)14(3)11-15/h5,7-12,18H,4,6,20H2,1-3H3. The summed E-state index contributed by atoms with van der Waals surface area (Å²) in [5.41, 5.74) is 9.39. The largest absolute Gasteiger partial charge is 0.482 e. The monoisotopic (exact) mass is 297 g/mol. The molecule has 0 heterocycles. The van der Waals surface area contributed by atoms with E-state index in [1.807, 2.05) is 51.1 Å². The third kappa shape index (κ3) is 3.88. The van der Waals surface area contributed by atoms with Gasteiger partial charge in [0, 0.05) is 17.3 Å². The van der Waals surface area contributed by atoms with Crippen LogP contribution >= 0.6 is 0 Å². The maximum absolute atomic E-state index is 12.7. The van der Waals surface area contributed by atoms with Gasteiger partial charge in [-0.05, 0) is 49.6 Å². The molecule has 0 bridgehead atoms. The van der Waals surface area contributed by atoms with Gasteiger partial charge in [0.05, 0.1) is 0 Å². The number of ether oxygens (including phenoxy) is 1. The van der Waals surface area contributed by atoms with E-state index in [0.29, 0.717) is 23.4 Å². The van der Waals surface area contributed by atoms with Gasteiger partial charge in [0.1, 0.15) is 5.75 Å². The number of carbonyl (C=O) groups excluding carboxylic acids is 1. The molecule has 2 aromatic carbocycles. The molecule has 1 unspecified atom stereocenters. The van der Waals surface area contributed by atoms with Gasteiger partial charge in [0.25, 0.3) is 0 Å². The Morgan fingerprint density at radius 2 is 1.91 bits per heavy atom. The van der Waals surface area contributed by atoms with E-state index >= 15 is 0 Å². The first-order valence-corrected chi connectivity index (χ1v) is 7.65. The number of Topliss-reactive ketones (excluding diaryl/α,β-unsaturated/α-hetero) is 1. The summed E-state index contributed by atoms with van der Waals surface area (Å²) in [6.45, 7) is 6.10. The summed E-state index contributed by atoms with van der Waals surface area (Å²) < 4.78 is 5.89. The van der Waals surface area contributed by atoms with Gasteiger partial charge < -0.3 is 10.5 Å². The van der Waals surface area contributed by atoms with E-state index in [1.165, 1.54) is 5.56 Å². The van der Waals surface area contributed by atoms with E-state index in [0.717, 1.165) is 12.0 Å². The Balaban J connectivity index is 2.22. The lowest BCUT2D eigenvalue weighted by Crippen LogP contribution is -2.27. The number of carbonyl (C=O) groups is 1. The van der Waals surface area contributed by atoms with Crippen LogP contribution in [-0.4, -0.2) is 11.9 Å². The molecular formula is C19H23NO2. The quantitative estimate of drug-likeness (QED) is 0.638. The van der Waals surface area contributed by atoms with Crippen molar-refractivity contribution in [2.45, 2.75) is 39.7 Å². The Hall–Kier alpha value is -2.29. The molecular weight excluding hydrogens is 274 g/mol. The molecule has 116 valence electrons. The van der Waals surface area contributed by atoms with Gasteiger partial charge in [-0.3, -0.25) is 4.79 Å². The van der Waals surface area contributed by atoms with E-state index in [4.69, 9.17) is 10.5 Å². The Kier molecular flexibility index (Phi) is 5.21. The van der Waals surface area contributed by atoms with Crippen molar-refractivity contribution in [3.63, 3.8) is 0 Å². The van der Waals surface area contributed by atoms with Crippen LogP contribution in [0.1, 0.15) is 41.3 Å². The summed E-state index contributed by atoms with van der Waals surface area (Å²) in [4.78, 5) is 12.7. The van der Waals surface area contributed by atoms with Crippen molar-refractivity contribution in [3.8, 4) is 5.75 Å². The second kappa shape index (κ2) is 7.12. The van der Waals surface area contributed by atoms with Crippen molar-refractivity contribution in [1.82, 2.24) is 0 Å². The minimum atomic E-state index is -0.478. The van der Waals surface area contributed by atoms with Crippen molar-refractivity contribution in [2.24, 2.45) is 0 Å². The van der Waals surface area contributed by atoms with Crippen LogP contribution in [0.15, 0.2) is 42.5 Å². The Bertz CT molecular complexity index is 664. The van der Waals surface area contributed by atoms with Crippen LogP contribution in [0, 0.1) is 13.8 Å². The predicted molar refractivity (Wildman–Crippen MR) is 90.4 cm³/mol. The van der Waals surface area contributed by atoms with Crippen molar-refractivity contribution in [2.75, 3.05) is 5.73 Å². The van der Waals surface area contributed by atoms with Gasteiger partial charge in [0.2, 0.25) is 5.78 Å². The molecule has 1 atom stereocenters. The van der Waals surface area contributed by atoms with E-state index in [-0.39, 0.29) is 5.78 Å². The predicted octanol–water partition coefficient (Wildman–Crippen LogP) is 4.32. The maximum atomic E-state index is 12.7. The molecule has 22 heavy (non-hydrogen) atoms. The molecule has 3 heteroatoms. The molecule has 2 rings (SSSR count). The van der Waals surface area contributed by atoms with Gasteiger partial charge in [-0.2, -0.15) is 0 Å². The maximum Gasteiger partial charge on any atom is 0.203 e. The summed E-state index contributed by atoms with van der Waals surface area (Å²) in [5.74, 6) is 0.656. The average Bonchev–Trinajstić information content (AvgIpc) is 2.49. The first-order chi connectivity index (χ1) is 10.5. The van der Waals surface area contributed by atoms with Crippen molar-refractivity contribution < 1.29 is 9.53 Å². The van der Waals surface area contributed by atoms with Crippen molar-refractivity contribution in [1.29, 1.82) is 0 Å². The van der Waals surface area contributed by atoms with E-state index < -0.39 is 6.10 Å². The van der Waals surface area contributed by atoms with Crippen LogP contribution in [-0.2, 0) is 0 Å². The average molecular weight is 297 g/mol. The SMILES string of the molecule is CCCC(Oc1cccc(N)c1)C(=O)c1ccc(C)c(C)c1. The highest BCUT2D eigenvalue weighted by atomic mass is 16.5. The minimum absolute atomic E-state index is 0.0207. The molecule has 0 amide bonds. The smallest absolute Gasteiger partial charge is 0.203 e. The van der Waals surface area contributed by atoms with E-state index in [2.05, 4.69) is 0 Å². The van der Waals surface area contributed by atoms with E-state index in [9.17, 15) is 4.79 Å². The molecule has 0 aliphatic heterocycles. The molecule has 0 fully saturated rings. The summed E-state index contributed by atoms with van der Waals surface area (Å²) in [6.07, 6.45) is 1.08. The number of anilines is 1. The van der Waals surface area contributed by atoms with Crippen LogP contribution in [0.25, 0.3) is 0 Å². The molecule has 0 aromatic heterocycles. The van der Waals surface area contributed by atoms with Crippen LogP contribution < -0.4 is 10.5 Å². The second-order valence-electron chi connectivity index (χ2n) is 5.63. The molecule has 0 saturated carbocycles. The third-order valence-electron chi connectivity index (χ3n) is 3.77. The Morgan fingerprint density at radius 1 is 1.14 bits per heavy atom. The van der Waals surface area contributed by atoms with Gasteiger partial charge >= 0.3 is 0 Å². The highest BCUT2D eigenvalue weighted by molar-refractivity contribution is 5.99. The highest BCUT2D eigenvalue weighted by Crippen LogP contribution is 2.20. The number of rotatable bonds is 6. The Labute approximate surface area is 132 Å². The lowest BCUT2D eigenvalue weighted by Gasteiger charge is -2.18. The molecule has 0 radical (unpaired) electrons. The topological polar surface area (TPSA) is 52.3 Å². The lowest BCUT2D eigenvalue weighted by molar-refractivity contribution is 0.0777. The zero-order valence-electron chi connectivity index (χ0n) is 13.4. The van der Waals surface area contributed by atoms with Crippen LogP contribution in [0.5, 0.6) is 5.75 Å². The van der Waals surface area contributed by atoms with Gasteiger partial charge in [-0.1, -0.05) is 31.5 Å². The van der Waals surface area contributed by atoms with Crippen LogP contribution in [0.2, 0.25) is 0 Å². The van der Waals surface area contributed by atoms with Crippen LogP contribution in [0.4, 0.5) is 5.69 Å². The number of nitrogen functional groups attached to an aromatic ring is 1. The first kappa shape index (κ1) is 16.1. The summed E-state index contributed by atoms with van der Waals surface area (Å²) in [7, 11) is 0. The normalized spacial score (nSPS) is 12.0. The number of hydrogen-bond acceptors (Lipinski definition) is 3. The fraction of sp³-hybridized carbons (Fsp3) is 0.316. The fourth-order valence-electron chi connectivity index (χ4n) is 2.34. The minimum Gasteiger partial charge on any atom is -0.482 e. The third-order valence-corrected chi connectivity index (χ3v) is 3.77. The zero-order valence-corrected chi connectivity index (χ0v) is 13.4. The number of benzene rings is 2. The molecule has 2 N–H and O–H groups in total. The number of nitrogens with two attached hydrogens (primary N) is 1. The Morgan fingerprint density at radius 3 is 2.55 bits per heavy atom. The molecule has 3 nitrogen and oxygen atoms in total. The fourth-order valence-corrected chi connectivity index (χ4v) is 2.34. The van der Waals surface area contributed by atoms with Gasteiger partial charge in [-0.25, -0.2) is 0 Å². The zero-order chi connectivity index (χ0) is 16.1. The van der Waals surface area contributed by atoms with Gasteiger partial charge in [-0.15, -0.1) is 0 Å². The van der Waals surface area contributed by atoms with E-state index in [1.54, 1.807) is 12.1 Å². The second-order valence-corrected chi connectivity index (χ2v) is 5.63. The molecule has 0 aliphatic carbocycles.